The van der Waals surface area contributed by atoms with Crippen LogP contribution in [0.5, 0.6) is 0 Å². The molecule has 6 nitrogen and oxygen atoms in total. The van der Waals surface area contributed by atoms with Crippen LogP contribution < -0.4 is 11.1 Å². The number of halogens is 1. The molecular formula is C19H28ClN5O. The molecule has 1 saturated carbocycles. The Balaban J connectivity index is 2.12. The molecule has 0 aromatic carbocycles. The maximum Gasteiger partial charge on any atom is 0.265 e. The number of aliphatic imine (C=N–C) groups is 1. The predicted octanol–water partition coefficient (Wildman–Crippen LogP) is 2.79. The zero-order valence-electron chi connectivity index (χ0n) is 15.8. The highest BCUT2D eigenvalue weighted by Crippen LogP contribution is 2.40. The number of hydrogen-bond acceptors (Lipinski definition) is 4. The molecule has 3 N–H and O–H groups in total. The van der Waals surface area contributed by atoms with Crippen molar-refractivity contribution in [3.63, 3.8) is 0 Å². The number of nitrogens with zero attached hydrogens (tertiary/aromatic N) is 3. The monoisotopic (exact) mass is 377 g/mol. The average Bonchev–Trinajstić information content (AvgIpc) is 3.40. The number of aryl methyl sites for hydroxylation is 1. The van der Waals surface area contributed by atoms with Crippen LogP contribution in [0.4, 0.5) is 0 Å². The molecule has 26 heavy (non-hydrogen) atoms. The van der Waals surface area contributed by atoms with Crippen molar-refractivity contribution in [3.05, 3.63) is 40.8 Å². The number of carbonyl (C=O) groups excluding carboxylic acids is 1. The van der Waals surface area contributed by atoms with E-state index < -0.39 is 0 Å². The third kappa shape index (κ3) is 5.29. The summed E-state index contributed by atoms with van der Waals surface area (Å²) >= 11 is 6.25. The quantitative estimate of drug-likeness (QED) is 0.512. The van der Waals surface area contributed by atoms with Gasteiger partial charge in [0, 0.05) is 44.6 Å². The van der Waals surface area contributed by atoms with E-state index in [0.717, 1.165) is 5.69 Å². The first-order valence-electron chi connectivity index (χ1n) is 8.98. The van der Waals surface area contributed by atoms with Gasteiger partial charge in [-0.05, 0) is 31.4 Å². The smallest absolute Gasteiger partial charge is 0.265 e. The van der Waals surface area contributed by atoms with E-state index in [1.165, 1.54) is 24.6 Å². The fraction of sp³-hybridized carbons (Fsp3) is 0.526. The second-order valence-electron chi connectivity index (χ2n) is 6.62. The van der Waals surface area contributed by atoms with Crippen molar-refractivity contribution in [1.29, 1.82) is 0 Å². The number of rotatable bonds is 9. The molecule has 142 valence electrons. The van der Waals surface area contributed by atoms with E-state index >= 15 is 0 Å². The molecule has 1 aromatic heterocycles. The molecule has 0 saturated heterocycles. The van der Waals surface area contributed by atoms with Crippen LogP contribution in [0.2, 0.25) is 0 Å². The summed E-state index contributed by atoms with van der Waals surface area (Å²) < 4.78 is 1.95. The standard InChI is InChI=1S/C19H28ClN5O/c1-5-15(20)17(23-16(6-2)19(26)22-3)10-13(21)9-14-11-18(12-7-8-12)25(4)24-14/h5,11-13H,1,6-10,21H2,2-4H3,(H,22,26)/b17-15+,23-16?. The lowest BCUT2D eigenvalue weighted by Gasteiger charge is -2.13. The normalized spacial score (nSPS) is 16.9. The van der Waals surface area contributed by atoms with E-state index in [1.54, 1.807) is 7.05 Å². The number of nitrogens with two attached hydrogens (primary N) is 1. The third-order valence-corrected chi connectivity index (χ3v) is 4.81. The molecule has 2 rings (SSSR count). The molecule has 1 aliphatic rings. The molecule has 1 atom stereocenters. The molecule has 1 aliphatic carbocycles. The largest absolute Gasteiger partial charge is 0.354 e. The minimum absolute atomic E-state index is 0.202. The highest BCUT2D eigenvalue weighted by Gasteiger charge is 2.27. The first kappa shape index (κ1) is 20.4. The molecular weight excluding hydrogens is 350 g/mol. The summed E-state index contributed by atoms with van der Waals surface area (Å²) in [7, 11) is 3.56. The van der Waals surface area contributed by atoms with E-state index in [0.29, 0.717) is 41.6 Å². The molecule has 1 heterocycles. The summed E-state index contributed by atoms with van der Waals surface area (Å²) in [5, 5.41) is 7.57. The van der Waals surface area contributed by atoms with Crippen molar-refractivity contribution in [3.8, 4) is 0 Å². The van der Waals surface area contributed by atoms with Gasteiger partial charge < -0.3 is 11.1 Å². The van der Waals surface area contributed by atoms with Crippen LogP contribution in [0, 0.1) is 0 Å². The van der Waals surface area contributed by atoms with Crippen LogP contribution >= 0.6 is 11.6 Å². The first-order chi connectivity index (χ1) is 12.4. The number of hydrogen-bond donors (Lipinski definition) is 2. The summed E-state index contributed by atoms with van der Waals surface area (Å²) in [5.74, 6) is 0.429. The van der Waals surface area contributed by atoms with Crippen molar-refractivity contribution in [1.82, 2.24) is 15.1 Å². The molecule has 1 amide bonds. The fourth-order valence-corrected chi connectivity index (χ4v) is 3.02. The van der Waals surface area contributed by atoms with Gasteiger partial charge in [-0.3, -0.25) is 14.5 Å². The molecule has 0 aliphatic heterocycles. The minimum Gasteiger partial charge on any atom is -0.354 e. The van der Waals surface area contributed by atoms with E-state index in [4.69, 9.17) is 17.3 Å². The van der Waals surface area contributed by atoms with Gasteiger partial charge in [-0.25, -0.2) is 0 Å². The second kappa shape index (κ2) is 9.14. The van der Waals surface area contributed by atoms with Gasteiger partial charge in [0.2, 0.25) is 0 Å². The third-order valence-electron chi connectivity index (χ3n) is 4.44. The molecule has 0 bridgehead atoms. The zero-order chi connectivity index (χ0) is 19.3. The van der Waals surface area contributed by atoms with Crippen molar-refractivity contribution in [2.45, 2.75) is 51.0 Å². The summed E-state index contributed by atoms with van der Waals surface area (Å²) in [5.41, 5.74) is 9.58. The number of aromatic nitrogens is 2. The van der Waals surface area contributed by atoms with Crippen molar-refractivity contribution < 1.29 is 4.79 Å². The Morgan fingerprint density at radius 1 is 1.62 bits per heavy atom. The van der Waals surface area contributed by atoms with E-state index in [1.807, 2.05) is 18.7 Å². The predicted molar refractivity (Wildman–Crippen MR) is 106 cm³/mol. The van der Waals surface area contributed by atoms with Crippen LogP contribution in [-0.2, 0) is 18.3 Å². The van der Waals surface area contributed by atoms with Crippen LogP contribution in [0.1, 0.15) is 49.9 Å². The van der Waals surface area contributed by atoms with E-state index in [9.17, 15) is 4.79 Å². The van der Waals surface area contributed by atoms with Crippen molar-refractivity contribution >= 4 is 23.2 Å². The van der Waals surface area contributed by atoms with Crippen LogP contribution in [0.3, 0.4) is 0 Å². The maximum atomic E-state index is 11.9. The maximum absolute atomic E-state index is 11.9. The molecule has 1 unspecified atom stereocenters. The Bertz CT molecular complexity index is 730. The van der Waals surface area contributed by atoms with Gasteiger partial charge in [0.05, 0.1) is 16.4 Å². The Labute approximate surface area is 160 Å². The molecule has 1 aromatic rings. The second-order valence-corrected chi connectivity index (χ2v) is 7.02. The molecule has 1 fully saturated rings. The van der Waals surface area contributed by atoms with Crippen LogP contribution in [0.15, 0.2) is 34.4 Å². The number of nitrogens with one attached hydrogen (secondary N) is 1. The minimum atomic E-state index is -0.217. The SMILES string of the molecule is C=C/C(Cl)=C(/CC(N)Cc1cc(C2CC2)n(C)n1)N=C(CC)C(=O)NC. The lowest BCUT2D eigenvalue weighted by atomic mass is 10.1. The summed E-state index contributed by atoms with van der Waals surface area (Å²) in [6.07, 6.45) is 5.58. The Morgan fingerprint density at radius 2 is 2.31 bits per heavy atom. The molecule has 7 heteroatoms. The van der Waals surface area contributed by atoms with Gasteiger partial charge in [-0.15, -0.1) is 0 Å². The van der Waals surface area contributed by atoms with Crippen LogP contribution in [0.25, 0.3) is 0 Å². The Kier molecular flexibility index (Phi) is 7.17. The first-order valence-corrected chi connectivity index (χ1v) is 9.36. The van der Waals surface area contributed by atoms with Gasteiger partial charge in [-0.1, -0.05) is 25.1 Å². The summed E-state index contributed by atoms with van der Waals surface area (Å²) in [6.45, 7) is 5.57. The number of allylic oxidation sites excluding steroid dienone is 2. The fourth-order valence-electron chi connectivity index (χ4n) is 2.91. The van der Waals surface area contributed by atoms with Gasteiger partial charge in [-0.2, -0.15) is 5.10 Å². The molecule has 0 radical (unpaired) electrons. The number of carbonyl (C=O) groups is 1. The van der Waals surface area contributed by atoms with Gasteiger partial charge in [0.15, 0.2) is 0 Å². The van der Waals surface area contributed by atoms with E-state index in [2.05, 4.69) is 28.1 Å². The van der Waals surface area contributed by atoms with Gasteiger partial charge in [0.1, 0.15) is 5.71 Å². The highest BCUT2D eigenvalue weighted by molar-refractivity contribution is 6.39. The summed E-state index contributed by atoms with van der Waals surface area (Å²) in [6, 6.07) is 1.94. The highest BCUT2D eigenvalue weighted by atomic mass is 35.5. The van der Waals surface area contributed by atoms with Crippen LogP contribution in [-0.4, -0.2) is 34.5 Å². The Morgan fingerprint density at radius 3 is 2.85 bits per heavy atom. The van der Waals surface area contributed by atoms with Crippen molar-refractivity contribution in [2.24, 2.45) is 17.8 Å². The number of amides is 1. The van der Waals surface area contributed by atoms with Gasteiger partial charge in [0.25, 0.3) is 5.91 Å². The van der Waals surface area contributed by atoms with Crippen molar-refractivity contribution in [2.75, 3.05) is 7.05 Å². The summed E-state index contributed by atoms with van der Waals surface area (Å²) in [4.78, 5) is 16.4. The lowest BCUT2D eigenvalue weighted by molar-refractivity contribution is -0.114. The van der Waals surface area contributed by atoms with E-state index in [-0.39, 0.29) is 11.9 Å². The lowest BCUT2D eigenvalue weighted by Crippen LogP contribution is -2.28. The average molecular weight is 378 g/mol. The molecule has 0 spiro atoms. The Hall–Kier alpha value is -1.92. The topological polar surface area (TPSA) is 85.3 Å². The zero-order valence-corrected chi connectivity index (χ0v) is 16.5. The van der Waals surface area contributed by atoms with Gasteiger partial charge >= 0.3 is 0 Å².